The summed E-state index contributed by atoms with van der Waals surface area (Å²) in [6.45, 7) is 3.42. The summed E-state index contributed by atoms with van der Waals surface area (Å²) in [7, 11) is -7.18. The highest BCUT2D eigenvalue weighted by Gasteiger charge is 2.32. The first kappa shape index (κ1) is 25.5. The van der Waals surface area contributed by atoms with Crippen molar-refractivity contribution in [3.05, 3.63) is 58.1 Å². The zero-order valence-corrected chi connectivity index (χ0v) is 20.6. The molecule has 0 aliphatic heterocycles. The van der Waals surface area contributed by atoms with Crippen molar-refractivity contribution in [2.75, 3.05) is 16.8 Å². The zero-order chi connectivity index (χ0) is 23.6. The van der Waals surface area contributed by atoms with Gasteiger partial charge in [0.05, 0.1) is 22.9 Å². The molecule has 0 spiro atoms. The zero-order valence-electron chi connectivity index (χ0n) is 17.5. The predicted octanol–water partition coefficient (Wildman–Crippen LogP) is 3.82. The maximum absolute atomic E-state index is 13.0. The van der Waals surface area contributed by atoms with Crippen LogP contribution in [0, 0.1) is 0 Å². The number of rotatable bonds is 8. The van der Waals surface area contributed by atoms with E-state index in [1.165, 1.54) is 30.3 Å². The number of sulfonamides is 1. The minimum Gasteiger partial charge on any atom is -0.348 e. The first-order valence-corrected chi connectivity index (χ1v) is 13.8. The second-order valence-electron chi connectivity index (χ2n) is 7.18. The summed E-state index contributed by atoms with van der Waals surface area (Å²) in [5.74, 6) is -0.510. The van der Waals surface area contributed by atoms with Crippen LogP contribution in [0.4, 0.5) is 5.69 Å². The van der Waals surface area contributed by atoms with Crippen molar-refractivity contribution in [2.45, 2.75) is 37.2 Å². The highest BCUT2D eigenvalue weighted by Crippen LogP contribution is 2.29. The molecule has 2 rings (SSSR count). The van der Waals surface area contributed by atoms with Crippen molar-refractivity contribution < 1.29 is 21.6 Å². The number of halogens is 2. The molecule has 0 saturated heterocycles. The smallest absolute Gasteiger partial charge is 0.244 e. The lowest BCUT2D eigenvalue weighted by Crippen LogP contribution is -2.49. The Morgan fingerprint density at radius 1 is 1.00 bits per heavy atom. The van der Waals surface area contributed by atoms with Crippen molar-refractivity contribution in [1.82, 2.24) is 5.32 Å². The molecule has 0 aliphatic carbocycles. The van der Waals surface area contributed by atoms with Crippen LogP contribution in [0.1, 0.15) is 31.9 Å². The van der Waals surface area contributed by atoms with Gasteiger partial charge >= 0.3 is 0 Å². The summed E-state index contributed by atoms with van der Waals surface area (Å²) in [5.41, 5.74) is 0.861. The first-order chi connectivity index (χ1) is 14.2. The summed E-state index contributed by atoms with van der Waals surface area (Å²) in [5, 5.41) is 3.28. The summed E-state index contributed by atoms with van der Waals surface area (Å²) in [4.78, 5) is 13.2. The van der Waals surface area contributed by atoms with Crippen molar-refractivity contribution >= 4 is 54.7 Å². The molecular weight excluding hydrogens is 483 g/mol. The maximum atomic E-state index is 13.0. The molecule has 2 aromatic rings. The third-order valence-corrected chi connectivity index (χ3v) is 7.34. The van der Waals surface area contributed by atoms with Crippen molar-refractivity contribution in [2.24, 2.45) is 0 Å². The molecule has 0 aromatic heterocycles. The topological polar surface area (TPSA) is 101 Å². The second kappa shape index (κ2) is 9.77. The number of nitrogens with zero attached hydrogens (tertiary/aromatic N) is 1. The SMILES string of the molecule is CC[C@H](C(=O)N[C@@H](C)c1ccc(S(C)(=O)=O)cc1)N(c1cc(Cl)cc(Cl)c1)S(C)(=O)=O. The summed E-state index contributed by atoms with van der Waals surface area (Å²) in [6.07, 6.45) is 2.31. The second-order valence-corrected chi connectivity index (χ2v) is 11.9. The molecule has 0 heterocycles. The number of amides is 1. The van der Waals surface area contributed by atoms with Gasteiger partial charge in [-0.2, -0.15) is 0 Å². The molecule has 0 fully saturated rings. The van der Waals surface area contributed by atoms with Gasteiger partial charge in [0.2, 0.25) is 15.9 Å². The minimum absolute atomic E-state index is 0.169. The Balaban J connectivity index is 2.33. The lowest BCUT2D eigenvalue weighted by atomic mass is 10.1. The van der Waals surface area contributed by atoms with Crippen LogP contribution in [0.2, 0.25) is 10.0 Å². The van der Waals surface area contributed by atoms with E-state index in [1.54, 1.807) is 26.0 Å². The Kier molecular flexibility index (Phi) is 8.02. The van der Waals surface area contributed by atoms with Crippen molar-refractivity contribution in [1.29, 1.82) is 0 Å². The largest absolute Gasteiger partial charge is 0.348 e. The van der Waals surface area contributed by atoms with Gasteiger partial charge in [-0.15, -0.1) is 0 Å². The molecule has 11 heteroatoms. The van der Waals surface area contributed by atoms with E-state index in [2.05, 4.69) is 5.32 Å². The Hall–Kier alpha value is -1.81. The molecule has 0 aliphatic rings. The number of hydrogen-bond donors (Lipinski definition) is 1. The fourth-order valence-corrected chi connectivity index (χ4v) is 5.46. The van der Waals surface area contributed by atoms with Gasteiger partial charge in [0.15, 0.2) is 9.84 Å². The quantitative estimate of drug-likeness (QED) is 0.586. The Labute approximate surface area is 193 Å². The number of carbonyl (C=O) groups excluding carboxylic acids is 1. The lowest BCUT2D eigenvalue weighted by molar-refractivity contribution is -0.122. The van der Waals surface area contributed by atoms with Crippen LogP contribution >= 0.6 is 23.2 Å². The fraction of sp³-hybridized carbons (Fsp3) is 0.350. The third kappa shape index (κ3) is 6.58. The van der Waals surface area contributed by atoms with Gasteiger partial charge in [-0.3, -0.25) is 9.10 Å². The molecule has 0 saturated carbocycles. The molecule has 0 radical (unpaired) electrons. The maximum Gasteiger partial charge on any atom is 0.244 e. The summed E-state index contributed by atoms with van der Waals surface area (Å²) < 4.78 is 49.3. The van der Waals surface area contributed by atoms with E-state index in [0.29, 0.717) is 5.56 Å². The standard InChI is InChI=1S/C20H24Cl2N2O5S2/c1-5-19(24(31(4,28)29)17-11-15(21)10-16(22)12-17)20(25)23-13(2)14-6-8-18(9-7-14)30(3,26)27/h6-13,19H,5H2,1-4H3,(H,23,25)/t13-,19+/m0/s1. The Morgan fingerprint density at radius 2 is 1.52 bits per heavy atom. The monoisotopic (exact) mass is 506 g/mol. The predicted molar refractivity (Wildman–Crippen MR) is 124 cm³/mol. The van der Waals surface area contributed by atoms with Gasteiger partial charge < -0.3 is 5.32 Å². The van der Waals surface area contributed by atoms with E-state index in [9.17, 15) is 21.6 Å². The van der Waals surface area contributed by atoms with E-state index in [1.807, 2.05) is 0 Å². The number of sulfone groups is 1. The van der Waals surface area contributed by atoms with Gasteiger partial charge in [-0.1, -0.05) is 42.3 Å². The van der Waals surface area contributed by atoms with Gasteiger partial charge in [0.25, 0.3) is 0 Å². The molecule has 31 heavy (non-hydrogen) atoms. The van der Waals surface area contributed by atoms with Crippen LogP contribution in [0.25, 0.3) is 0 Å². The highest BCUT2D eigenvalue weighted by atomic mass is 35.5. The minimum atomic E-state index is -3.84. The van der Waals surface area contributed by atoms with Crippen LogP contribution in [0.5, 0.6) is 0 Å². The summed E-state index contributed by atoms with van der Waals surface area (Å²) in [6, 6.07) is 8.93. The normalized spacial score (nSPS) is 14.0. The van der Waals surface area contributed by atoms with Gasteiger partial charge in [-0.05, 0) is 49.2 Å². The number of nitrogens with one attached hydrogen (secondary N) is 1. The number of benzene rings is 2. The first-order valence-electron chi connectivity index (χ1n) is 9.30. The molecule has 1 N–H and O–H groups in total. The average Bonchev–Trinajstić information content (AvgIpc) is 2.63. The molecular formula is C20H24Cl2N2O5S2. The van der Waals surface area contributed by atoms with E-state index < -0.39 is 37.9 Å². The van der Waals surface area contributed by atoms with E-state index in [0.717, 1.165) is 16.8 Å². The molecule has 170 valence electrons. The van der Waals surface area contributed by atoms with Crippen molar-refractivity contribution in [3.63, 3.8) is 0 Å². The van der Waals surface area contributed by atoms with Crippen LogP contribution < -0.4 is 9.62 Å². The summed E-state index contributed by atoms with van der Waals surface area (Å²) >= 11 is 12.1. The number of anilines is 1. The number of hydrogen-bond acceptors (Lipinski definition) is 5. The van der Waals surface area contributed by atoms with Crippen LogP contribution in [-0.2, 0) is 24.7 Å². The van der Waals surface area contributed by atoms with Gasteiger partial charge in [0, 0.05) is 16.3 Å². The highest BCUT2D eigenvalue weighted by molar-refractivity contribution is 7.92. The van der Waals surface area contributed by atoms with Gasteiger partial charge in [0.1, 0.15) is 6.04 Å². The van der Waals surface area contributed by atoms with E-state index in [-0.39, 0.29) is 27.0 Å². The Bertz CT molecular complexity index is 1150. The van der Waals surface area contributed by atoms with Gasteiger partial charge in [-0.25, -0.2) is 16.8 Å². The van der Waals surface area contributed by atoms with Crippen LogP contribution in [0.3, 0.4) is 0 Å². The van der Waals surface area contributed by atoms with Crippen LogP contribution in [-0.4, -0.2) is 41.3 Å². The number of carbonyl (C=O) groups is 1. The molecule has 1 amide bonds. The Morgan fingerprint density at radius 3 is 1.94 bits per heavy atom. The molecule has 2 atom stereocenters. The van der Waals surface area contributed by atoms with E-state index >= 15 is 0 Å². The third-order valence-electron chi connectivity index (χ3n) is 4.60. The molecule has 0 unspecified atom stereocenters. The molecule has 0 bridgehead atoms. The lowest BCUT2D eigenvalue weighted by Gasteiger charge is -2.31. The van der Waals surface area contributed by atoms with E-state index in [4.69, 9.17) is 23.2 Å². The van der Waals surface area contributed by atoms with Crippen LogP contribution in [0.15, 0.2) is 47.4 Å². The molecule has 2 aromatic carbocycles. The van der Waals surface area contributed by atoms with Crippen molar-refractivity contribution in [3.8, 4) is 0 Å². The average molecular weight is 507 g/mol. The molecule has 7 nitrogen and oxygen atoms in total. The fourth-order valence-electron chi connectivity index (χ4n) is 3.12.